The molecule has 0 aliphatic heterocycles. The van der Waals surface area contributed by atoms with E-state index in [9.17, 15) is 0 Å². The normalized spacial score (nSPS) is 11.5. The molecule has 0 atom stereocenters. The summed E-state index contributed by atoms with van der Waals surface area (Å²) in [6, 6.07) is 17.1. The van der Waals surface area contributed by atoms with Crippen molar-refractivity contribution in [3.63, 3.8) is 0 Å². The van der Waals surface area contributed by atoms with Crippen LogP contribution in [-0.2, 0) is 16.8 Å². The number of rotatable bonds is 9. The Morgan fingerprint density at radius 3 is 1.35 bits per heavy atom. The first-order valence-electron chi connectivity index (χ1n) is 15.1. The zero-order valence-electron chi connectivity index (χ0n) is 28.2. The Morgan fingerprint density at radius 2 is 1.02 bits per heavy atom. The molecule has 1 heterocycles. The van der Waals surface area contributed by atoms with E-state index < -0.39 is 0 Å². The van der Waals surface area contributed by atoms with Gasteiger partial charge in [-0.05, 0) is 46.8 Å². The van der Waals surface area contributed by atoms with Crippen LogP contribution in [0.15, 0.2) is 70.9 Å². The molecular formula is C37H52Cl2CoN3. The zero-order chi connectivity index (χ0) is 30.0. The molecule has 0 saturated heterocycles. The first-order chi connectivity index (χ1) is 18.8. The van der Waals surface area contributed by atoms with Gasteiger partial charge in [-0.3, -0.25) is 9.98 Å². The van der Waals surface area contributed by atoms with Crippen molar-refractivity contribution >= 4 is 23.3 Å². The molecule has 2 aromatic carbocycles. The summed E-state index contributed by atoms with van der Waals surface area (Å²) >= 11 is 0. The smallest absolute Gasteiger partial charge is 1.00 e. The van der Waals surface area contributed by atoms with Crippen LogP contribution in [0.25, 0.3) is 0 Å². The van der Waals surface area contributed by atoms with Gasteiger partial charge in [-0.25, -0.2) is 0 Å². The second-order valence-electron chi connectivity index (χ2n) is 12.5. The van der Waals surface area contributed by atoms with Crippen LogP contribution in [0.2, 0.25) is 0 Å². The zero-order valence-corrected chi connectivity index (χ0v) is 30.7. The minimum absolute atomic E-state index is 0. The monoisotopic (exact) mass is 667 g/mol. The number of hydrogen-bond donors (Lipinski definition) is 0. The van der Waals surface area contributed by atoms with Crippen molar-refractivity contribution < 1.29 is 41.6 Å². The Kier molecular flexibility index (Phi) is 20.9. The van der Waals surface area contributed by atoms with Gasteiger partial charge in [-0.1, -0.05) is 137 Å². The number of benzene rings is 2. The van der Waals surface area contributed by atoms with E-state index in [2.05, 4.69) is 142 Å². The van der Waals surface area contributed by atoms with Gasteiger partial charge in [-0.15, -0.1) is 11.1 Å². The quantitative estimate of drug-likeness (QED) is 0.226. The number of pyridine rings is 1. The Morgan fingerprint density at radius 1 is 0.605 bits per heavy atom. The van der Waals surface area contributed by atoms with Crippen molar-refractivity contribution in [3.05, 3.63) is 88.7 Å². The van der Waals surface area contributed by atoms with Crippen LogP contribution in [0, 0.1) is 11.8 Å². The first kappa shape index (κ1) is 43.1. The summed E-state index contributed by atoms with van der Waals surface area (Å²) in [6.07, 6.45) is 6.89. The molecule has 0 spiro atoms. The summed E-state index contributed by atoms with van der Waals surface area (Å²) in [5.74, 6) is 2.63. The topological polar surface area (TPSA) is 37.6 Å². The van der Waals surface area contributed by atoms with Crippen LogP contribution in [-0.4, -0.2) is 16.9 Å². The van der Waals surface area contributed by atoms with Crippen molar-refractivity contribution in [1.29, 1.82) is 0 Å². The summed E-state index contributed by atoms with van der Waals surface area (Å²) < 4.78 is 0. The Hall–Kier alpha value is -1.98. The van der Waals surface area contributed by atoms with E-state index in [1.54, 1.807) is 0 Å². The molecule has 0 bridgehead atoms. The Balaban J connectivity index is 0. The molecule has 43 heavy (non-hydrogen) atoms. The molecule has 0 N–H and O–H groups in total. The molecule has 3 aromatic rings. The summed E-state index contributed by atoms with van der Waals surface area (Å²) in [5, 5.41) is 0. The van der Waals surface area contributed by atoms with Crippen molar-refractivity contribution in [3.8, 4) is 0 Å². The van der Waals surface area contributed by atoms with Crippen LogP contribution in [0.5, 0.6) is 0 Å². The fourth-order valence-electron chi connectivity index (χ4n) is 4.64. The van der Waals surface area contributed by atoms with E-state index in [-0.39, 0.29) is 41.6 Å². The molecule has 0 amide bonds. The third kappa shape index (κ3) is 12.9. The number of hydrogen-bond acceptors (Lipinski definition) is 3. The number of nitrogens with zero attached hydrogens (tertiary/aromatic N) is 3. The SMILES string of the molecule is CC(C)C(=Nc1c(C(C)C)cccc1C(C)C)c1cccnc1.CC(C)[C-]=Nc1c(C(C)C)cccc1C(C)C.[Cl-].[Cl-].[Co+3]. The van der Waals surface area contributed by atoms with Crippen LogP contribution >= 0.6 is 0 Å². The van der Waals surface area contributed by atoms with E-state index in [0.29, 0.717) is 35.5 Å². The summed E-state index contributed by atoms with van der Waals surface area (Å²) in [7, 11) is 0. The van der Waals surface area contributed by atoms with Crippen LogP contribution in [0.3, 0.4) is 0 Å². The Labute approximate surface area is 285 Å². The average molecular weight is 669 g/mol. The molecule has 3 nitrogen and oxygen atoms in total. The molecular weight excluding hydrogens is 616 g/mol. The van der Waals surface area contributed by atoms with Crippen LogP contribution in [0.4, 0.5) is 11.4 Å². The first-order valence-corrected chi connectivity index (χ1v) is 15.1. The molecule has 0 fully saturated rings. The van der Waals surface area contributed by atoms with Crippen molar-refractivity contribution in [2.24, 2.45) is 21.8 Å². The van der Waals surface area contributed by atoms with E-state index in [4.69, 9.17) is 4.99 Å². The van der Waals surface area contributed by atoms with Gasteiger partial charge in [0.2, 0.25) is 0 Å². The molecule has 0 unspecified atom stereocenters. The van der Waals surface area contributed by atoms with E-state index >= 15 is 0 Å². The fraction of sp³-hybridized carbons (Fsp3) is 0.486. The molecule has 3 rings (SSSR count). The number of aliphatic imine (C=N–C) groups is 2. The van der Waals surface area contributed by atoms with Gasteiger partial charge >= 0.3 is 16.8 Å². The van der Waals surface area contributed by atoms with Gasteiger partial charge in [0.25, 0.3) is 0 Å². The van der Waals surface area contributed by atoms with E-state index in [1.807, 2.05) is 18.5 Å². The molecule has 0 radical (unpaired) electrons. The predicted molar refractivity (Wildman–Crippen MR) is 176 cm³/mol. The Bertz CT molecular complexity index is 1210. The summed E-state index contributed by atoms with van der Waals surface area (Å²) in [4.78, 5) is 14.0. The largest absolute Gasteiger partial charge is 3.00 e. The minimum Gasteiger partial charge on any atom is -1.00 e. The van der Waals surface area contributed by atoms with Gasteiger partial charge in [-0.2, -0.15) is 6.21 Å². The third-order valence-corrected chi connectivity index (χ3v) is 6.86. The molecule has 0 aliphatic rings. The maximum Gasteiger partial charge on any atom is 3.00 e. The van der Waals surface area contributed by atoms with Crippen molar-refractivity contribution in [2.45, 2.75) is 107 Å². The van der Waals surface area contributed by atoms with Gasteiger partial charge in [0.1, 0.15) is 0 Å². The van der Waals surface area contributed by atoms with Crippen LogP contribution < -0.4 is 24.8 Å². The molecule has 238 valence electrons. The summed E-state index contributed by atoms with van der Waals surface area (Å²) in [5.41, 5.74) is 9.77. The van der Waals surface area contributed by atoms with Gasteiger partial charge in [0.05, 0.1) is 11.4 Å². The second-order valence-corrected chi connectivity index (χ2v) is 12.5. The minimum atomic E-state index is 0. The van der Waals surface area contributed by atoms with Crippen molar-refractivity contribution in [1.82, 2.24) is 4.98 Å². The number of aromatic nitrogens is 1. The third-order valence-electron chi connectivity index (χ3n) is 6.86. The van der Waals surface area contributed by atoms with E-state index in [1.165, 1.54) is 22.3 Å². The summed E-state index contributed by atoms with van der Waals surface area (Å²) in [6.45, 7) is 26.4. The fourth-order valence-corrected chi connectivity index (χ4v) is 4.64. The van der Waals surface area contributed by atoms with Crippen LogP contribution in [0.1, 0.15) is 135 Å². The van der Waals surface area contributed by atoms with Gasteiger partial charge in [0.15, 0.2) is 0 Å². The number of para-hydroxylation sites is 2. The maximum atomic E-state index is 5.15. The van der Waals surface area contributed by atoms with Gasteiger partial charge < -0.3 is 29.8 Å². The molecule has 0 aliphatic carbocycles. The average Bonchev–Trinajstić information content (AvgIpc) is 2.90. The van der Waals surface area contributed by atoms with E-state index in [0.717, 1.165) is 22.6 Å². The van der Waals surface area contributed by atoms with Crippen molar-refractivity contribution in [2.75, 3.05) is 0 Å². The second kappa shape index (κ2) is 20.9. The molecule has 6 heteroatoms. The molecule has 0 saturated carbocycles. The van der Waals surface area contributed by atoms with Gasteiger partial charge in [0, 0.05) is 18.0 Å². The molecule has 1 aromatic heterocycles. The number of halogens is 2. The predicted octanol–water partition coefficient (Wildman–Crippen LogP) is 5.28. The standard InChI is InChI=1S/C21H28N2.C16H24N.2ClH.Co/c1-14(2)18-10-7-11-19(15(3)4)21(18)23-20(16(5)6)17-9-8-12-22-13-17;1-11(2)10-17-16-14(12(3)4)8-7-9-15(16)13(5)6;;;/h7-16H,1-6H3;7-9,11-13H,1-6H3;2*1H;/q;-1;;;+3/p-2. The maximum absolute atomic E-state index is 5.15.